The SMILES string of the molecule is CCOc1ccccc1NC(=O)N1Cc2ccccc2-n2cccc2C1c1cccc(C)c1. The Balaban J connectivity index is 1.62. The monoisotopic (exact) mass is 437 g/mol. The van der Waals surface area contributed by atoms with Gasteiger partial charge in [-0.1, -0.05) is 60.2 Å². The highest BCUT2D eigenvalue weighted by Gasteiger charge is 2.33. The zero-order valence-electron chi connectivity index (χ0n) is 18.9. The van der Waals surface area contributed by atoms with Crippen LogP contribution in [0.25, 0.3) is 5.69 Å². The number of aryl methyl sites for hydroxylation is 1. The van der Waals surface area contributed by atoms with Gasteiger partial charge in [-0.3, -0.25) is 0 Å². The van der Waals surface area contributed by atoms with Crippen molar-refractivity contribution in [1.82, 2.24) is 9.47 Å². The van der Waals surface area contributed by atoms with E-state index in [0.29, 0.717) is 24.6 Å². The highest BCUT2D eigenvalue weighted by molar-refractivity contribution is 5.91. The summed E-state index contributed by atoms with van der Waals surface area (Å²) in [5.74, 6) is 0.666. The third-order valence-corrected chi connectivity index (χ3v) is 6.01. The molecule has 0 radical (unpaired) electrons. The smallest absolute Gasteiger partial charge is 0.323 e. The zero-order valence-corrected chi connectivity index (χ0v) is 18.9. The van der Waals surface area contributed by atoms with Crippen molar-refractivity contribution in [3.8, 4) is 11.4 Å². The maximum Gasteiger partial charge on any atom is 0.323 e. The Morgan fingerprint density at radius 3 is 2.67 bits per heavy atom. The molecular formula is C28H27N3O2. The van der Waals surface area contributed by atoms with E-state index >= 15 is 0 Å². The van der Waals surface area contributed by atoms with Gasteiger partial charge in [0.05, 0.1) is 30.6 Å². The summed E-state index contributed by atoms with van der Waals surface area (Å²) in [6.07, 6.45) is 2.07. The number of rotatable bonds is 4. The molecular weight excluding hydrogens is 410 g/mol. The molecule has 2 amide bonds. The van der Waals surface area contributed by atoms with Crippen LogP contribution in [0.2, 0.25) is 0 Å². The van der Waals surface area contributed by atoms with Crippen molar-refractivity contribution in [2.45, 2.75) is 26.4 Å². The quantitative estimate of drug-likeness (QED) is 0.406. The first kappa shape index (κ1) is 20.9. The highest BCUT2D eigenvalue weighted by Crippen LogP contribution is 2.37. The molecule has 1 N–H and O–H groups in total. The first-order valence-electron chi connectivity index (χ1n) is 11.3. The van der Waals surface area contributed by atoms with Gasteiger partial charge >= 0.3 is 6.03 Å². The predicted octanol–water partition coefficient (Wildman–Crippen LogP) is 6.32. The molecule has 5 rings (SSSR count). The molecule has 1 atom stereocenters. The number of fused-ring (bicyclic) bond motifs is 3. The normalized spacial score (nSPS) is 14.7. The van der Waals surface area contributed by atoms with Crippen LogP contribution in [0.3, 0.4) is 0 Å². The lowest BCUT2D eigenvalue weighted by atomic mass is 10.00. The molecule has 5 heteroatoms. The van der Waals surface area contributed by atoms with Crippen LogP contribution in [-0.2, 0) is 6.54 Å². The average Bonchev–Trinajstić information content (AvgIpc) is 3.24. The van der Waals surface area contributed by atoms with Crippen LogP contribution in [0.4, 0.5) is 10.5 Å². The van der Waals surface area contributed by atoms with Crippen LogP contribution in [-0.4, -0.2) is 22.1 Å². The van der Waals surface area contributed by atoms with Gasteiger partial charge in [0.1, 0.15) is 5.75 Å². The lowest BCUT2D eigenvalue weighted by Crippen LogP contribution is -2.38. The fourth-order valence-corrected chi connectivity index (χ4v) is 4.57. The second-order valence-electron chi connectivity index (χ2n) is 8.24. The van der Waals surface area contributed by atoms with Gasteiger partial charge in [-0.15, -0.1) is 0 Å². The molecule has 33 heavy (non-hydrogen) atoms. The molecule has 2 heterocycles. The summed E-state index contributed by atoms with van der Waals surface area (Å²) in [4.78, 5) is 15.7. The molecule has 0 aliphatic carbocycles. The predicted molar refractivity (Wildman–Crippen MR) is 131 cm³/mol. The van der Waals surface area contributed by atoms with Crippen molar-refractivity contribution >= 4 is 11.7 Å². The van der Waals surface area contributed by atoms with Gasteiger partial charge in [-0.25, -0.2) is 4.79 Å². The number of nitrogens with zero attached hydrogens (tertiary/aromatic N) is 2. The number of hydrogen-bond acceptors (Lipinski definition) is 2. The van der Waals surface area contributed by atoms with Crippen LogP contribution >= 0.6 is 0 Å². The van der Waals surface area contributed by atoms with Crippen LogP contribution in [0.15, 0.2) is 91.1 Å². The van der Waals surface area contributed by atoms with Gasteiger partial charge in [0, 0.05) is 11.9 Å². The van der Waals surface area contributed by atoms with Gasteiger partial charge < -0.3 is 19.5 Å². The van der Waals surface area contributed by atoms with E-state index in [0.717, 1.165) is 28.1 Å². The molecule has 1 aliphatic rings. The summed E-state index contributed by atoms with van der Waals surface area (Å²) in [6, 6.07) is 27.9. The van der Waals surface area contributed by atoms with Gasteiger partial charge in [0.15, 0.2) is 0 Å². The third-order valence-electron chi connectivity index (χ3n) is 6.01. The van der Waals surface area contributed by atoms with Gasteiger partial charge in [0.2, 0.25) is 0 Å². The first-order valence-corrected chi connectivity index (χ1v) is 11.3. The number of carbonyl (C=O) groups excluding carboxylic acids is 1. The van der Waals surface area contributed by atoms with Crippen molar-refractivity contribution in [3.05, 3.63) is 114 Å². The van der Waals surface area contributed by atoms with Crippen LogP contribution < -0.4 is 10.1 Å². The Hall–Kier alpha value is -3.99. The Bertz CT molecular complexity index is 1290. The topological polar surface area (TPSA) is 46.5 Å². The summed E-state index contributed by atoms with van der Waals surface area (Å²) < 4.78 is 7.94. The average molecular weight is 438 g/mol. The van der Waals surface area contributed by atoms with Crippen molar-refractivity contribution in [2.24, 2.45) is 0 Å². The molecule has 0 saturated heterocycles. The van der Waals surface area contributed by atoms with Crippen molar-refractivity contribution in [2.75, 3.05) is 11.9 Å². The van der Waals surface area contributed by atoms with Gasteiger partial charge in [-0.05, 0) is 55.3 Å². The third kappa shape index (κ3) is 3.98. The summed E-state index contributed by atoms with van der Waals surface area (Å²) in [5, 5.41) is 3.11. The maximum absolute atomic E-state index is 13.8. The Labute approximate surface area is 194 Å². The van der Waals surface area contributed by atoms with E-state index in [1.165, 1.54) is 0 Å². The second-order valence-corrected chi connectivity index (χ2v) is 8.24. The fraction of sp³-hybridized carbons (Fsp3) is 0.179. The molecule has 0 bridgehead atoms. The molecule has 0 fully saturated rings. The number of para-hydroxylation sites is 3. The maximum atomic E-state index is 13.8. The zero-order chi connectivity index (χ0) is 22.8. The number of nitrogens with one attached hydrogen (secondary N) is 1. The number of amides is 2. The van der Waals surface area contributed by atoms with Crippen LogP contribution in [0, 0.1) is 6.92 Å². The van der Waals surface area contributed by atoms with Gasteiger partial charge in [-0.2, -0.15) is 0 Å². The van der Waals surface area contributed by atoms with E-state index in [1.807, 2.05) is 54.3 Å². The molecule has 4 aromatic rings. The number of carbonyl (C=O) groups is 1. The van der Waals surface area contributed by atoms with E-state index in [2.05, 4.69) is 65.5 Å². The standard InChI is InChI=1S/C28H27N3O2/c1-3-33-26-16-7-5-13-23(26)29-28(32)31-19-22-11-4-6-14-24(22)30-17-9-15-25(30)27(31)21-12-8-10-20(2)18-21/h4-18,27H,3,19H2,1-2H3,(H,29,32). The van der Waals surface area contributed by atoms with E-state index in [1.54, 1.807) is 0 Å². The number of anilines is 1. The van der Waals surface area contributed by atoms with Crippen LogP contribution in [0.5, 0.6) is 5.75 Å². The Kier molecular flexibility index (Phi) is 5.61. The number of hydrogen-bond donors (Lipinski definition) is 1. The summed E-state index contributed by atoms with van der Waals surface area (Å²) >= 11 is 0. The molecule has 3 aromatic carbocycles. The fourth-order valence-electron chi connectivity index (χ4n) is 4.57. The number of aromatic nitrogens is 1. The largest absolute Gasteiger partial charge is 0.492 e. The molecule has 0 saturated carbocycles. The number of benzene rings is 3. The minimum atomic E-state index is -0.244. The molecule has 1 aliphatic heterocycles. The van der Waals surface area contributed by atoms with Gasteiger partial charge in [0.25, 0.3) is 0 Å². The Morgan fingerprint density at radius 2 is 1.82 bits per heavy atom. The van der Waals surface area contributed by atoms with Crippen LogP contribution in [0.1, 0.15) is 35.3 Å². The summed E-state index contributed by atoms with van der Waals surface area (Å²) in [6.45, 7) is 5.03. The molecule has 1 unspecified atom stereocenters. The molecule has 166 valence electrons. The number of urea groups is 1. The molecule has 0 spiro atoms. The van der Waals surface area contributed by atoms with E-state index < -0.39 is 0 Å². The minimum Gasteiger partial charge on any atom is -0.492 e. The second kappa shape index (κ2) is 8.87. The van der Waals surface area contributed by atoms with E-state index in [4.69, 9.17) is 4.74 Å². The highest BCUT2D eigenvalue weighted by atomic mass is 16.5. The molecule has 5 nitrogen and oxygen atoms in total. The van der Waals surface area contributed by atoms with Crippen molar-refractivity contribution in [3.63, 3.8) is 0 Å². The first-order chi connectivity index (χ1) is 16.2. The van der Waals surface area contributed by atoms with Crippen molar-refractivity contribution < 1.29 is 9.53 Å². The molecule has 1 aromatic heterocycles. The lowest BCUT2D eigenvalue weighted by Gasteiger charge is -2.31. The van der Waals surface area contributed by atoms with E-state index in [-0.39, 0.29) is 12.1 Å². The van der Waals surface area contributed by atoms with Crippen molar-refractivity contribution in [1.29, 1.82) is 0 Å². The van der Waals surface area contributed by atoms with E-state index in [9.17, 15) is 4.79 Å². The number of ether oxygens (including phenoxy) is 1. The summed E-state index contributed by atoms with van der Waals surface area (Å²) in [5.41, 5.74) is 6.16. The summed E-state index contributed by atoms with van der Waals surface area (Å²) in [7, 11) is 0. The lowest BCUT2D eigenvalue weighted by molar-refractivity contribution is 0.194. The minimum absolute atomic E-state index is 0.168. The Morgan fingerprint density at radius 1 is 1.00 bits per heavy atom.